The Kier molecular flexibility index (Phi) is 3.82. The zero-order chi connectivity index (χ0) is 15.0. The molecule has 0 saturated heterocycles. The second-order valence-electron chi connectivity index (χ2n) is 4.85. The quantitative estimate of drug-likeness (QED) is 0.829. The van der Waals surface area contributed by atoms with Crippen LogP contribution < -0.4 is 5.73 Å². The number of hydrogen-bond acceptors (Lipinski definition) is 2. The van der Waals surface area contributed by atoms with Gasteiger partial charge in [-0.2, -0.15) is 4.68 Å². The largest absolute Gasteiger partial charge is 0.404 e. The number of halogens is 2. The second-order valence-corrected chi connectivity index (χ2v) is 5.77. The van der Waals surface area contributed by atoms with Crippen LogP contribution in [0.15, 0.2) is 16.6 Å². The molecule has 0 aliphatic carbocycles. The van der Waals surface area contributed by atoms with Gasteiger partial charge < -0.3 is 10.6 Å². The first-order valence-corrected chi connectivity index (χ1v) is 6.88. The van der Waals surface area contributed by atoms with E-state index in [0.717, 1.165) is 0 Å². The van der Waals surface area contributed by atoms with Crippen molar-refractivity contribution in [2.24, 2.45) is 0 Å². The Labute approximate surface area is 125 Å². The van der Waals surface area contributed by atoms with Gasteiger partial charge in [0, 0.05) is 16.0 Å². The van der Waals surface area contributed by atoms with Crippen LogP contribution in [-0.2, 0) is 0 Å². The number of aryl methyl sites for hydroxylation is 1. The molecule has 0 unspecified atom stereocenters. The summed E-state index contributed by atoms with van der Waals surface area (Å²) in [6.07, 6.45) is 0. The van der Waals surface area contributed by atoms with Gasteiger partial charge in [0.15, 0.2) is 11.5 Å². The average molecular weight is 337 g/mol. The monoisotopic (exact) mass is 336 g/mol. The molecule has 0 atom stereocenters. The van der Waals surface area contributed by atoms with Gasteiger partial charge in [0.1, 0.15) is 0 Å². The SMILES string of the molecule is [C-]#[N+]c1c(N)c(C(C)C)nn1-c1c(C)cc(Br)cc1F. The van der Waals surface area contributed by atoms with Crippen molar-refractivity contribution in [1.29, 1.82) is 0 Å². The predicted molar refractivity (Wildman–Crippen MR) is 80.7 cm³/mol. The summed E-state index contributed by atoms with van der Waals surface area (Å²) in [5.74, 6) is -0.229. The van der Waals surface area contributed by atoms with Crippen LogP contribution in [0, 0.1) is 19.3 Å². The number of nitrogen functional groups attached to an aromatic ring is 1. The third-order valence-electron chi connectivity index (χ3n) is 3.01. The Hall–Kier alpha value is -1.87. The zero-order valence-electron chi connectivity index (χ0n) is 11.4. The first-order valence-electron chi connectivity index (χ1n) is 6.08. The fourth-order valence-corrected chi connectivity index (χ4v) is 2.63. The number of hydrogen-bond donors (Lipinski definition) is 1. The summed E-state index contributed by atoms with van der Waals surface area (Å²) in [5, 5.41) is 4.32. The lowest BCUT2D eigenvalue weighted by Gasteiger charge is -2.06. The van der Waals surface area contributed by atoms with Gasteiger partial charge in [0.25, 0.3) is 5.82 Å². The fourth-order valence-electron chi connectivity index (χ4n) is 2.09. The molecule has 4 nitrogen and oxygen atoms in total. The fraction of sp³-hybridized carbons (Fsp3) is 0.286. The number of anilines is 1. The summed E-state index contributed by atoms with van der Waals surface area (Å²) >= 11 is 3.24. The Morgan fingerprint density at radius 2 is 2.10 bits per heavy atom. The highest BCUT2D eigenvalue weighted by atomic mass is 79.9. The maximum atomic E-state index is 14.2. The van der Waals surface area contributed by atoms with Crippen LogP contribution in [0.3, 0.4) is 0 Å². The lowest BCUT2D eigenvalue weighted by Crippen LogP contribution is -2.03. The molecular weight excluding hydrogens is 323 g/mol. The van der Waals surface area contributed by atoms with Crippen LogP contribution in [0.25, 0.3) is 10.5 Å². The molecule has 6 heteroatoms. The molecule has 0 fully saturated rings. The van der Waals surface area contributed by atoms with Crippen LogP contribution >= 0.6 is 15.9 Å². The van der Waals surface area contributed by atoms with Gasteiger partial charge in [0.2, 0.25) is 0 Å². The summed E-state index contributed by atoms with van der Waals surface area (Å²) in [7, 11) is 0. The van der Waals surface area contributed by atoms with E-state index in [0.29, 0.717) is 21.4 Å². The Morgan fingerprint density at radius 3 is 2.60 bits per heavy atom. The van der Waals surface area contributed by atoms with Crippen LogP contribution in [-0.4, -0.2) is 9.78 Å². The normalized spacial score (nSPS) is 10.8. The minimum absolute atomic E-state index is 0.0653. The summed E-state index contributed by atoms with van der Waals surface area (Å²) < 4.78 is 16.2. The van der Waals surface area contributed by atoms with Gasteiger partial charge in [-0.3, -0.25) is 0 Å². The molecular formula is C14H14BrFN4. The predicted octanol–water partition coefficient (Wildman–Crippen LogP) is 4.34. The highest BCUT2D eigenvalue weighted by molar-refractivity contribution is 9.10. The molecule has 1 aromatic heterocycles. The zero-order valence-corrected chi connectivity index (χ0v) is 13.0. The highest BCUT2D eigenvalue weighted by Gasteiger charge is 2.24. The average Bonchev–Trinajstić information content (AvgIpc) is 2.65. The van der Waals surface area contributed by atoms with Crippen molar-refractivity contribution in [1.82, 2.24) is 9.78 Å². The van der Waals surface area contributed by atoms with E-state index in [1.165, 1.54) is 10.7 Å². The molecule has 1 heterocycles. The van der Waals surface area contributed by atoms with E-state index in [1.54, 1.807) is 13.0 Å². The lowest BCUT2D eigenvalue weighted by atomic mass is 10.1. The van der Waals surface area contributed by atoms with Gasteiger partial charge in [0.05, 0.1) is 11.4 Å². The van der Waals surface area contributed by atoms with Crippen LogP contribution in [0.4, 0.5) is 15.9 Å². The number of benzene rings is 1. The Morgan fingerprint density at radius 1 is 1.45 bits per heavy atom. The summed E-state index contributed by atoms with van der Waals surface area (Å²) in [6, 6.07) is 3.13. The molecule has 2 aromatic rings. The molecule has 1 aromatic carbocycles. The van der Waals surface area contributed by atoms with Crippen molar-refractivity contribution >= 4 is 27.4 Å². The Balaban J connectivity index is 2.78. The molecule has 0 aliphatic rings. The topological polar surface area (TPSA) is 48.2 Å². The standard InChI is InChI=1S/C14H14BrFN4/c1-7(2)12-11(17)14(18-4)20(19-12)13-8(3)5-9(15)6-10(13)16/h5-7H,17H2,1-3H3. The van der Waals surface area contributed by atoms with E-state index in [9.17, 15) is 4.39 Å². The third-order valence-corrected chi connectivity index (χ3v) is 3.47. The van der Waals surface area contributed by atoms with E-state index >= 15 is 0 Å². The number of nitrogens with two attached hydrogens (primary N) is 1. The van der Waals surface area contributed by atoms with Crippen LogP contribution in [0.1, 0.15) is 31.0 Å². The summed E-state index contributed by atoms with van der Waals surface area (Å²) in [6.45, 7) is 12.9. The van der Waals surface area contributed by atoms with Crippen molar-refractivity contribution in [3.05, 3.63) is 45.1 Å². The van der Waals surface area contributed by atoms with E-state index in [-0.39, 0.29) is 17.4 Å². The maximum absolute atomic E-state index is 14.2. The third kappa shape index (κ3) is 2.29. The highest BCUT2D eigenvalue weighted by Crippen LogP contribution is 2.35. The second kappa shape index (κ2) is 5.25. The Bertz CT molecular complexity index is 690. The first-order chi connectivity index (χ1) is 9.36. The lowest BCUT2D eigenvalue weighted by molar-refractivity contribution is 0.607. The van der Waals surface area contributed by atoms with Gasteiger partial charge in [-0.1, -0.05) is 41.4 Å². The summed E-state index contributed by atoms with van der Waals surface area (Å²) in [5.41, 5.74) is 7.82. The molecule has 104 valence electrons. The van der Waals surface area contributed by atoms with Gasteiger partial charge in [-0.05, 0) is 19.1 Å². The van der Waals surface area contributed by atoms with Crippen molar-refractivity contribution in [3.63, 3.8) is 0 Å². The molecule has 0 bridgehead atoms. The van der Waals surface area contributed by atoms with E-state index in [4.69, 9.17) is 12.3 Å². The van der Waals surface area contributed by atoms with Crippen molar-refractivity contribution in [3.8, 4) is 5.69 Å². The number of aromatic nitrogens is 2. The first kappa shape index (κ1) is 14.5. The number of nitrogens with zero attached hydrogens (tertiary/aromatic N) is 3. The molecule has 0 saturated carbocycles. The van der Waals surface area contributed by atoms with Gasteiger partial charge in [-0.25, -0.2) is 4.39 Å². The smallest absolute Gasteiger partial charge is 0.280 e. The molecule has 0 radical (unpaired) electrons. The molecule has 0 spiro atoms. The van der Waals surface area contributed by atoms with Crippen molar-refractivity contribution in [2.75, 3.05) is 5.73 Å². The minimum Gasteiger partial charge on any atom is -0.404 e. The van der Waals surface area contributed by atoms with E-state index < -0.39 is 5.82 Å². The van der Waals surface area contributed by atoms with Gasteiger partial charge >= 0.3 is 0 Å². The van der Waals surface area contributed by atoms with E-state index in [2.05, 4.69) is 25.9 Å². The number of rotatable bonds is 2. The van der Waals surface area contributed by atoms with E-state index in [1.807, 2.05) is 13.8 Å². The molecule has 0 aliphatic heterocycles. The molecule has 2 rings (SSSR count). The molecule has 2 N–H and O–H groups in total. The van der Waals surface area contributed by atoms with Crippen molar-refractivity contribution < 1.29 is 4.39 Å². The maximum Gasteiger partial charge on any atom is 0.280 e. The van der Waals surface area contributed by atoms with Crippen molar-refractivity contribution in [2.45, 2.75) is 26.7 Å². The molecule has 0 amide bonds. The molecule has 20 heavy (non-hydrogen) atoms. The minimum atomic E-state index is -0.445. The van der Waals surface area contributed by atoms with Gasteiger partial charge in [-0.15, -0.1) is 0 Å². The van der Waals surface area contributed by atoms with Crippen LogP contribution in [0.2, 0.25) is 0 Å². The summed E-state index contributed by atoms with van der Waals surface area (Å²) in [4.78, 5) is 3.40. The van der Waals surface area contributed by atoms with Crippen LogP contribution in [0.5, 0.6) is 0 Å².